The minimum absolute atomic E-state index is 0.419. The van der Waals surface area contributed by atoms with E-state index in [0.29, 0.717) is 5.92 Å². The van der Waals surface area contributed by atoms with Gasteiger partial charge in [0.25, 0.3) is 0 Å². The lowest BCUT2D eigenvalue weighted by Crippen LogP contribution is -2.47. The number of fused-ring (bicyclic) bond motifs is 1. The van der Waals surface area contributed by atoms with E-state index >= 15 is 0 Å². The van der Waals surface area contributed by atoms with Gasteiger partial charge in [-0.1, -0.05) is 6.07 Å². The summed E-state index contributed by atoms with van der Waals surface area (Å²) in [6.45, 7) is 11.3. The summed E-state index contributed by atoms with van der Waals surface area (Å²) < 4.78 is 6.65. The molecule has 2 aromatic rings. The Morgan fingerprint density at radius 1 is 1.12 bits per heavy atom. The van der Waals surface area contributed by atoms with Crippen LogP contribution >= 0.6 is 11.3 Å². The third-order valence-corrected chi connectivity index (χ3v) is 7.60. The highest BCUT2D eigenvalue weighted by Crippen LogP contribution is 2.32. The summed E-state index contributed by atoms with van der Waals surface area (Å²) >= 11 is 1.83. The Bertz CT molecular complexity index is 917. The number of anilines is 1. The smallest absolute Gasteiger partial charge is 0.433 e. The van der Waals surface area contributed by atoms with Crippen molar-refractivity contribution in [3.05, 3.63) is 29.6 Å². The molecule has 0 bridgehead atoms. The molecule has 0 N–H and O–H groups in total. The van der Waals surface area contributed by atoms with Gasteiger partial charge < -0.3 is 9.64 Å². The van der Waals surface area contributed by atoms with E-state index in [1.807, 2.05) is 38.3 Å². The summed E-state index contributed by atoms with van der Waals surface area (Å²) in [5.41, 5.74) is 0.921. The van der Waals surface area contributed by atoms with Gasteiger partial charge in [-0.05, 0) is 94.8 Å². The number of benzene rings is 1. The fourth-order valence-corrected chi connectivity index (χ4v) is 5.72. The minimum atomic E-state index is -0.477. The van der Waals surface area contributed by atoms with Crippen LogP contribution in [0.3, 0.4) is 0 Å². The van der Waals surface area contributed by atoms with Crippen LogP contribution in [0, 0.1) is 11.8 Å². The monoisotopic (exact) mass is 455 g/mol. The molecule has 174 valence electrons. The first-order valence-electron chi connectivity index (χ1n) is 12.1. The number of hydrogen-bond acceptors (Lipinski definition) is 5. The van der Waals surface area contributed by atoms with E-state index in [1.165, 1.54) is 41.6 Å². The number of aliphatic imine (C=N–C) groups is 1. The van der Waals surface area contributed by atoms with Crippen LogP contribution in [0.15, 0.2) is 34.6 Å². The molecule has 1 aliphatic heterocycles. The zero-order chi connectivity index (χ0) is 22.6. The van der Waals surface area contributed by atoms with E-state index in [1.54, 1.807) is 0 Å². The average molecular weight is 456 g/mol. The number of hydrogen-bond donors (Lipinski definition) is 0. The molecule has 1 aromatic carbocycles. The topological polar surface area (TPSA) is 45.1 Å². The number of rotatable bonds is 5. The Morgan fingerprint density at radius 3 is 2.59 bits per heavy atom. The first-order valence-corrected chi connectivity index (χ1v) is 13.0. The molecule has 5 nitrogen and oxygen atoms in total. The summed E-state index contributed by atoms with van der Waals surface area (Å²) in [5, 5.41) is 3.60. The second kappa shape index (κ2) is 10.3. The molecule has 1 aliphatic carbocycles. The molecule has 1 amide bonds. The van der Waals surface area contributed by atoms with Crippen molar-refractivity contribution in [3.63, 3.8) is 0 Å². The van der Waals surface area contributed by atoms with Gasteiger partial charge in [0.15, 0.2) is 0 Å². The van der Waals surface area contributed by atoms with Crippen LogP contribution in [0.1, 0.15) is 52.9 Å². The van der Waals surface area contributed by atoms with Gasteiger partial charge >= 0.3 is 6.09 Å². The molecular weight excluding hydrogens is 418 g/mol. The molecule has 1 aromatic heterocycles. The fraction of sp³-hybridized carbons (Fsp3) is 0.615. The van der Waals surface area contributed by atoms with Crippen molar-refractivity contribution in [1.82, 2.24) is 4.90 Å². The van der Waals surface area contributed by atoms with E-state index in [2.05, 4.69) is 44.4 Å². The highest BCUT2D eigenvalue weighted by molar-refractivity contribution is 7.17. The quantitative estimate of drug-likeness (QED) is 0.502. The first-order chi connectivity index (χ1) is 15.4. The predicted molar refractivity (Wildman–Crippen MR) is 135 cm³/mol. The van der Waals surface area contributed by atoms with Crippen molar-refractivity contribution in [2.24, 2.45) is 16.8 Å². The largest absolute Gasteiger partial charge is 0.442 e. The Hall–Kier alpha value is -1.92. The number of thiophene rings is 1. The fourth-order valence-electron chi connectivity index (χ4n) is 4.91. The van der Waals surface area contributed by atoms with E-state index in [9.17, 15) is 4.79 Å². The summed E-state index contributed by atoms with van der Waals surface area (Å²) in [7, 11) is 0. The molecule has 0 radical (unpaired) electrons. The maximum atomic E-state index is 11.8. The van der Waals surface area contributed by atoms with E-state index in [-0.39, 0.29) is 0 Å². The van der Waals surface area contributed by atoms with Gasteiger partial charge in [0.1, 0.15) is 5.60 Å². The molecule has 2 heterocycles. The number of carbonyl (C=O) groups excluding carboxylic acids is 1. The van der Waals surface area contributed by atoms with Gasteiger partial charge in [0.05, 0.1) is 0 Å². The molecule has 1 saturated carbocycles. The Labute approximate surface area is 196 Å². The van der Waals surface area contributed by atoms with Crippen LogP contribution < -0.4 is 4.90 Å². The van der Waals surface area contributed by atoms with Gasteiger partial charge in [-0.25, -0.2) is 4.79 Å². The lowest BCUT2D eigenvalue weighted by molar-refractivity contribution is 0.0604. The normalized spacial score (nSPS) is 23.2. The number of amides is 1. The number of nitrogens with zero attached hydrogens (tertiary/aromatic N) is 3. The second-order valence-corrected chi connectivity index (χ2v) is 11.2. The molecule has 1 saturated heterocycles. The Morgan fingerprint density at radius 2 is 1.88 bits per heavy atom. The molecule has 0 spiro atoms. The highest BCUT2D eigenvalue weighted by Gasteiger charge is 2.23. The standard InChI is InChI=1S/C26H37N3O2S/c1-26(2,3)31-25(30)27-19-21-9-7-20(8-10-21)11-13-28-14-16-29(17-15-28)23-5-4-6-24-22(23)12-18-32-24/h4-6,12,18-21H,7-11,13-17H2,1-3H3. The van der Waals surface area contributed by atoms with Crippen LogP contribution in [0.5, 0.6) is 0 Å². The molecule has 0 atom stereocenters. The van der Waals surface area contributed by atoms with E-state index in [4.69, 9.17) is 4.74 Å². The maximum absolute atomic E-state index is 11.8. The first kappa shape index (κ1) is 23.2. The lowest BCUT2D eigenvalue weighted by atomic mass is 9.81. The second-order valence-electron chi connectivity index (χ2n) is 10.3. The van der Waals surface area contributed by atoms with Crippen LogP contribution in [0.4, 0.5) is 10.5 Å². The molecule has 0 unspecified atom stereocenters. The van der Waals surface area contributed by atoms with Crippen LogP contribution in [0.2, 0.25) is 0 Å². The van der Waals surface area contributed by atoms with E-state index in [0.717, 1.165) is 44.9 Å². The summed E-state index contributed by atoms with van der Waals surface area (Å²) in [6.07, 6.45) is 7.41. The Balaban J connectivity index is 1.16. The SMILES string of the molecule is CC(C)(C)OC(=O)N=CC1CCC(CCN2CCN(c3cccc4sccc34)CC2)CC1. The number of ether oxygens (including phenoxy) is 1. The average Bonchev–Trinajstić information content (AvgIpc) is 3.25. The maximum Gasteiger partial charge on any atom is 0.433 e. The van der Waals surface area contributed by atoms with Gasteiger partial charge in [0, 0.05) is 48.2 Å². The third kappa shape index (κ3) is 6.32. The molecule has 2 aliphatic rings. The van der Waals surface area contributed by atoms with Crippen molar-refractivity contribution in [3.8, 4) is 0 Å². The zero-order valence-electron chi connectivity index (χ0n) is 19.8. The zero-order valence-corrected chi connectivity index (χ0v) is 20.6. The van der Waals surface area contributed by atoms with Crippen molar-refractivity contribution < 1.29 is 9.53 Å². The molecule has 2 fully saturated rings. The van der Waals surface area contributed by atoms with Crippen molar-refractivity contribution in [2.75, 3.05) is 37.6 Å². The van der Waals surface area contributed by atoms with Crippen LogP contribution in [-0.4, -0.2) is 55.5 Å². The highest BCUT2D eigenvalue weighted by atomic mass is 32.1. The third-order valence-electron chi connectivity index (χ3n) is 6.72. The van der Waals surface area contributed by atoms with Gasteiger partial charge in [-0.2, -0.15) is 4.99 Å². The van der Waals surface area contributed by atoms with Gasteiger partial charge in [0.2, 0.25) is 0 Å². The van der Waals surface area contributed by atoms with Crippen molar-refractivity contribution >= 4 is 39.4 Å². The van der Waals surface area contributed by atoms with Crippen molar-refractivity contribution in [2.45, 2.75) is 58.5 Å². The minimum Gasteiger partial charge on any atom is -0.442 e. The summed E-state index contributed by atoms with van der Waals surface area (Å²) in [5.74, 6) is 1.22. The summed E-state index contributed by atoms with van der Waals surface area (Å²) in [6, 6.07) is 8.94. The van der Waals surface area contributed by atoms with Gasteiger partial charge in [-0.3, -0.25) is 4.90 Å². The van der Waals surface area contributed by atoms with Crippen molar-refractivity contribution in [1.29, 1.82) is 0 Å². The molecular formula is C26H37N3O2S. The lowest BCUT2D eigenvalue weighted by Gasteiger charge is -2.37. The van der Waals surface area contributed by atoms with Crippen LogP contribution in [0.25, 0.3) is 10.1 Å². The number of piperazine rings is 1. The Kier molecular flexibility index (Phi) is 7.51. The molecule has 6 heteroatoms. The molecule has 32 heavy (non-hydrogen) atoms. The number of carbonyl (C=O) groups is 1. The van der Waals surface area contributed by atoms with Crippen LogP contribution in [-0.2, 0) is 4.74 Å². The predicted octanol–water partition coefficient (Wildman–Crippen LogP) is 6.23. The summed E-state index contributed by atoms with van der Waals surface area (Å²) in [4.78, 5) is 21.0. The van der Waals surface area contributed by atoms with E-state index < -0.39 is 11.7 Å². The van der Waals surface area contributed by atoms with Gasteiger partial charge in [-0.15, -0.1) is 11.3 Å². The molecule has 4 rings (SSSR count).